The Morgan fingerprint density at radius 2 is 2.20 bits per heavy atom. The molecule has 0 aromatic carbocycles. The van der Waals surface area contributed by atoms with Crippen LogP contribution in [0.1, 0.15) is 0 Å². The van der Waals surface area contributed by atoms with E-state index in [4.69, 9.17) is 9.47 Å². The van der Waals surface area contributed by atoms with Crippen molar-refractivity contribution < 1.29 is 19.7 Å². The lowest BCUT2D eigenvalue weighted by Gasteiger charge is -2.13. The molecule has 0 radical (unpaired) electrons. The predicted molar refractivity (Wildman–Crippen MR) is 70.1 cm³/mol. The minimum atomic E-state index is -1.04. The molecule has 9 heteroatoms. The topological polar surface area (TPSA) is 113 Å². The number of nitrogens with zero attached hydrogens (tertiary/aromatic N) is 3. The fourth-order valence-corrected chi connectivity index (χ4v) is 3.07. The minimum Gasteiger partial charge on any atom is -0.387 e. The molecule has 3 N–H and O–H groups in total. The van der Waals surface area contributed by atoms with Crippen molar-refractivity contribution >= 4 is 22.9 Å². The SMILES string of the molecule is CO[C@@H]1O[C@H](CSc2ncnc3nc[nH]c23)[C@H](O)[C@@H]1O. The number of H-pyrrole nitrogens is 1. The summed E-state index contributed by atoms with van der Waals surface area (Å²) in [5.41, 5.74) is 1.33. The van der Waals surface area contributed by atoms with Gasteiger partial charge >= 0.3 is 0 Å². The highest BCUT2D eigenvalue weighted by Gasteiger charge is 2.42. The highest BCUT2D eigenvalue weighted by Crippen LogP contribution is 2.28. The summed E-state index contributed by atoms with van der Waals surface area (Å²) in [5.74, 6) is 0.434. The van der Waals surface area contributed by atoms with Gasteiger partial charge in [0.25, 0.3) is 0 Å². The van der Waals surface area contributed by atoms with Crippen molar-refractivity contribution in [3.63, 3.8) is 0 Å². The van der Waals surface area contributed by atoms with Crippen molar-refractivity contribution in [2.45, 2.75) is 29.6 Å². The van der Waals surface area contributed by atoms with Crippen LogP contribution >= 0.6 is 11.8 Å². The molecule has 0 bridgehead atoms. The summed E-state index contributed by atoms with van der Waals surface area (Å²) >= 11 is 1.40. The van der Waals surface area contributed by atoms with Gasteiger partial charge in [-0.2, -0.15) is 0 Å². The fraction of sp³-hybridized carbons (Fsp3) is 0.545. The highest BCUT2D eigenvalue weighted by molar-refractivity contribution is 7.99. The van der Waals surface area contributed by atoms with Gasteiger partial charge in [0.2, 0.25) is 0 Å². The van der Waals surface area contributed by atoms with E-state index in [1.807, 2.05) is 0 Å². The normalized spacial score (nSPS) is 30.1. The maximum atomic E-state index is 9.89. The number of aliphatic hydroxyl groups excluding tert-OH is 2. The standard InChI is InChI=1S/C11H14N4O4S/c1-18-11-8(17)7(16)5(19-11)2-20-10-6-9(13-3-12-6)14-4-15-10/h3-5,7-8,11,16-17H,2H2,1H3,(H,12,13,14,15)/t5-,7+,8+,11-/m1/s1. The molecular weight excluding hydrogens is 284 g/mol. The molecule has 1 aliphatic rings. The Labute approximate surface area is 118 Å². The highest BCUT2D eigenvalue weighted by atomic mass is 32.2. The van der Waals surface area contributed by atoms with E-state index in [1.165, 1.54) is 25.2 Å². The Bertz CT molecular complexity index is 595. The zero-order valence-electron chi connectivity index (χ0n) is 10.6. The van der Waals surface area contributed by atoms with Gasteiger partial charge in [0, 0.05) is 12.9 Å². The van der Waals surface area contributed by atoms with E-state index >= 15 is 0 Å². The lowest BCUT2D eigenvalue weighted by Crippen LogP contribution is -2.33. The number of aliphatic hydroxyl groups is 2. The van der Waals surface area contributed by atoms with Gasteiger partial charge in [-0.3, -0.25) is 0 Å². The number of fused-ring (bicyclic) bond motifs is 1. The summed E-state index contributed by atoms with van der Waals surface area (Å²) in [6.07, 6.45) is -0.352. The molecule has 0 amide bonds. The second kappa shape index (κ2) is 5.62. The van der Waals surface area contributed by atoms with Gasteiger partial charge in [0.05, 0.1) is 12.4 Å². The van der Waals surface area contributed by atoms with E-state index < -0.39 is 24.6 Å². The van der Waals surface area contributed by atoms with E-state index in [-0.39, 0.29) is 0 Å². The molecule has 8 nitrogen and oxygen atoms in total. The fourth-order valence-electron chi connectivity index (χ4n) is 2.06. The lowest BCUT2D eigenvalue weighted by atomic mass is 10.2. The molecule has 0 aliphatic carbocycles. The van der Waals surface area contributed by atoms with E-state index in [0.717, 1.165) is 10.5 Å². The van der Waals surface area contributed by atoms with Crippen LogP contribution in [0, 0.1) is 0 Å². The maximum absolute atomic E-state index is 9.89. The number of imidazole rings is 1. The molecule has 1 aliphatic heterocycles. The molecule has 3 heterocycles. The average Bonchev–Trinajstić information content (AvgIpc) is 3.04. The first-order valence-corrected chi connectivity index (χ1v) is 7.00. The summed E-state index contributed by atoms with van der Waals surface area (Å²) in [6.45, 7) is 0. The average molecular weight is 298 g/mol. The Hall–Kier alpha value is -1.26. The number of aromatic nitrogens is 4. The van der Waals surface area contributed by atoms with Gasteiger partial charge < -0.3 is 24.7 Å². The molecule has 1 saturated heterocycles. The van der Waals surface area contributed by atoms with Crippen LogP contribution in [0.5, 0.6) is 0 Å². The van der Waals surface area contributed by atoms with Crippen molar-refractivity contribution in [1.82, 2.24) is 19.9 Å². The summed E-state index contributed by atoms with van der Waals surface area (Å²) in [4.78, 5) is 15.2. The second-order valence-electron chi connectivity index (χ2n) is 4.35. The van der Waals surface area contributed by atoms with Crippen LogP contribution in [0.3, 0.4) is 0 Å². The Kier molecular flexibility index (Phi) is 3.85. The van der Waals surface area contributed by atoms with Crippen molar-refractivity contribution in [3.05, 3.63) is 12.7 Å². The number of hydrogen-bond donors (Lipinski definition) is 3. The number of methoxy groups -OCH3 is 1. The van der Waals surface area contributed by atoms with Crippen LogP contribution in [-0.4, -0.2) is 67.6 Å². The molecular formula is C11H14N4O4S. The molecule has 4 atom stereocenters. The molecule has 108 valence electrons. The lowest BCUT2D eigenvalue weighted by molar-refractivity contribution is -0.145. The quantitative estimate of drug-likeness (QED) is 0.513. The van der Waals surface area contributed by atoms with E-state index in [9.17, 15) is 10.2 Å². The number of aromatic amines is 1. The first-order chi connectivity index (χ1) is 9.70. The van der Waals surface area contributed by atoms with Gasteiger partial charge in [0.1, 0.15) is 29.1 Å². The summed E-state index contributed by atoms with van der Waals surface area (Å²) < 4.78 is 10.4. The Morgan fingerprint density at radius 3 is 2.95 bits per heavy atom. The van der Waals surface area contributed by atoms with Gasteiger partial charge in [0.15, 0.2) is 11.9 Å². The molecule has 1 fully saturated rings. The second-order valence-corrected chi connectivity index (χ2v) is 5.36. The van der Waals surface area contributed by atoms with Gasteiger partial charge in [-0.05, 0) is 0 Å². The van der Waals surface area contributed by atoms with Gasteiger partial charge in [-0.25, -0.2) is 15.0 Å². The number of ether oxygens (including phenoxy) is 2. The first-order valence-electron chi connectivity index (χ1n) is 6.02. The van der Waals surface area contributed by atoms with E-state index in [2.05, 4.69) is 19.9 Å². The van der Waals surface area contributed by atoms with Crippen molar-refractivity contribution in [1.29, 1.82) is 0 Å². The van der Waals surface area contributed by atoms with E-state index in [0.29, 0.717) is 11.4 Å². The summed E-state index contributed by atoms with van der Waals surface area (Å²) in [6, 6.07) is 0. The number of nitrogens with one attached hydrogen (secondary N) is 1. The molecule has 0 unspecified atom stereocenters. The largest absolute Gasteiger partial charge is 0.387 e. The molecule has 0 spiro atoms. The maximum Gasteiger partial charge on any atom is 0.186 e. The summed E-state index contributed by atoms with van der Waals surface area (Å²) in [5, 5.41) is 20.3. The van der Waals surface area contributed by atoms with Crippen LogP contribution in [0.15, 0.2) is 17.7 Å². The number of hydrogen-bond acceptors (Lipinski definition) is 8. The zero-order valence-corrected chi connectivity index (χ0v) is 11.4. The monoisotopic (exact) mass is 298 g/mol. The molecule has 2 aromatic heterocycles. The van der Waals surface area contributed by atoms with Crippen LogP contribution in [-0.2, 0) is 9.47 Å². The Morgan fingerprint density at radius 1 is 1.35 bits per heavy atom. The van der Waals surface area contributed by atoms with Crippen molar-refractivity contribution in [2.24, 2.45) is 0 Å². The third kappa shape index (κ3) is 2.38. The van der Waals surface area contributed by atoms with Crippen molar-refractivity contribution in [3.8, 4) is 0 Å². The first kappa shape index (κ1) is 13.7. The van der Waals surface area contributed by atoms with Crippen LogP contribution < -0.4 is 0 Å². The predicted octanol–water partition coefficient (Wildman–Crippen LogP) is -0.462. The smallest absolute Gasteiger partial charge is 0.186 e. The molecule has 20 heavy (non-hydrogen) atoms. The third-order valence-corrected chi connectivity index (χ3v) is 4.20. The minimum absolute atomic E-state index is 0.434. The van der Waals surface area contributed by atoms with Crippen LogP contribution in [0.4, 0.5) is 0 Å². The Balaban J connectivity index is 1.69. The third-order valence-electron chi connectivity index (χ3n) is 3.12. The number of rotatable bonds is 4. The molecule has 2 aromatic rings. The molecule has 0 saturated carbocycles. The number of thioether (sulfide) groups is 1. The van der Waals surface area contributed by atoms with Crippen molar-refractivity contribution in [2.75, 3.05) is 12.9 Å². The van der Waals surface area contributed by atoms with Crippen LogP contribution in [0.2, 0.25) is 0 Å². The molecule has 3 rings (SSSR count). The summed E-state index contributed by atoms with van der Waals surface area (Å²) in [7, 11) is 1.43. The van der Waals surface area contributed by atoms with Crippen LogP contribution in [0.25, 0.3) is 11.2 Å². The van der Waals surface area contributed by atoms with Gasteiger partial charge in [-0.1, -0.05) is 0 Å². The van der Waals surface area contributed by atoms with Gasteiger partial charge in [-0.15, -0.1) is 11.8 Å². The zero-order chi connectivity index (χ0) is 14.1. The van der Waals surface area contributed by atoms with E-state index in [1.54, 1.807) is 6.33 Å².